The summed E-state index contributed by atoms with van der Waals surface area (Å²) in [4.78, 5) is 12.3. The molecule has 1 aliphatic heterocycles. The minimum Gasteiger partial charge on any atom is -0.493 e. The fourth-order valence-electron chi connectivity index (χ4n) is 2.38. The van der Waals surface area contributed by atoms with Crippen LogP contribution in [0.25, 0.3) is 0 Å². The molecule has 2 rings (SSSR count). The van der Waals surface area contributed by atoms with Gasteiger partial charge in [-0.1, -0.05) is 26.0 Å². The maximum Gasteiger partial charge on any atom is 0.166 e. The van der Waals surface area contributed by atoms with E-state index >= 15 is 0 Å². The minimum atomic E-state index is 0.198. The van der Waals surface area contributed by atoms with Crippen LogP contribution in [0.3, 0.4) is 0 Å². The molecule has 1 aromatic carbocycles. The van der Waals surface area contributed by atoms with Gasteiger partial charge in [-0.05, 0) is 37.4 Å². The van der Waals surface area contributed by atoms with Crippen LogP contribution in [0.1, 0.15) is 49.0 Å². The van der Waals surface area contributed by atoms with Crippen LogP contribution >= 0.6 is 0 Å². The van der Waals surface area contributed by atoms with Gasteiger partial charge in [-0.25, -0.2) is 0 Å². The van der Waals surface area contributed by atoms with E-state index in [1.165, 1.54) is 5.56 Å². The Balaban J connectivity index is 1.95. The van der Waals surface area contributed by atoms with E-state index in [1.807, 2.05) is 12.1 Å². The lowest BCUT2D eigenvalue weighted by Crippen LogP contribution is -2.24. The molecule has 0 unspecified atom stereocenters. The van der Waals surface area contributed by atoms with Crippen molar-refractivity contribution in [2.24, 2.45) is 0 Å². The summed E-state index contributed by atoms with van der Waals surface area (Å²) >= 11 is 0. The van der Waals surface area contributed by atoms with Crippen molar-refractivity contribution >= 4 is 5.78 Å². The predicted molar refractivity (Wildman–Crippen MR) is 77.0 cm³/mol. The molecular weight excluding hydrogens is 238 g/mol. The topological polar surface area (TPSA) is 38.3 Å². The van der Waals surface area contributed by atoms with Crippen LogP contribution in [0.5, 0.6) is 5.75 Å². The number of carbonyl (C=O) groups is 1. The molecule has 104 valence electrons. The fourth-order valence-corrected chi connectivity index (χ4v) is 2.38. The van der Waals surface area contributed by atoms with Gasteiger partial charge >= 0.3 is 0 Å². The number of ether oxygens (including phenoxy) is 1. The number of Topliss-reactive ketones (excluding diaryl/α,β-unsaturated/α-hetero) is 1. The number of carbonyl (C=O) groups excluding carboxylic acids is 1. The first-order chi connectivity index (χ1) is 9.18. The highest BCUT2D eigenvalue weighted by atomic mass is 16.5. The number of hydrogen-bond acceptors (Lipinski definition) is 3. The zero-order chi connectivity index (χ0) is 13.7. The van der Waals surface area contributed by atoms with Gasteiger partial charge in [-0.15, -0.1) is 0 Å². The highest BCUT2D eigenvalue weighted by Gasteiger charge is 2.18. The summed E-state index contributed by atoms with van der Waals surface area (Å²) in [6.45, 7) is 5.85. The van der Waals surface area contributed by atoms with E-state index in [2.05, 4.69) is 25.2 Å². The molecule has 0 saturated heterocycles. The molecule has 0 spiro atoms. The smallest absolute Gasteiger partial charge is 0.166 e. The molecule has 1 aromatic rings. The van der Waals surface area contributed by atoms with E-state index in [-0.39, 0.29) is 5.78 Å². The van der Waals surface area contributed by atoms with Gasteiger partial charge in [-0.2, -0.15) is 0 Å². The van der Waals surface area contributed by atoms with E-state index < -0.39 is 0 Å². The Morgan fingerprint density at radius 3 is 3.05 bits per heavy atom. The van der Waals surface area contributed by atoms with Crippen LogP contribution in [0.15, 0.2) is 18.2 Å². The van der Waals surface area contributed by atoms with Crippen molar-refractivity contribution in [2.75, 3.05) is 13.2 Å². The highest BCUT2D eigenvalue weighted by Crippen LogP contribution is 2.29. The summed E-state index contributed by atoms with van der Waals surface area (Å²) < 4.78 is 5.68. The van der Waals surface area contributed by atoms with Crippen LogP contribution in [0.4, 0.5) is 0 Å². The Morgan fingerprint density at radius 2 is 2.26 bits per heavy atom. The quantitative estimate of drug-likeness (QED) is 0.632. The van der Waals surface area contributed by atoms with Gasteiger partial charge in [0, 0.05) is 12.5 Å². The molecule has 3 nitrogen and oxygen atoms in total. The number of nitrogens with one attached hydrogen (secondary N) is 1. The molecule has 0 aliphatic carbocycles. The molecule has 3 heteroatoms. The monoisotopic (exact) mass is 261 g/mol. The first-order valence-corrected chi connectivity index (χ1v) is 7.19. The van der Waals surface area contributed by atoms with Crippen molar-refractivity contribution in [3.8, 4) is 5.75 Å². The summed E-state index contributed by atoms with van der Waals surface area (Å²) in [5.41, 5.74) is 1.94. The van der Waals surface area contributed by atoms with Gasteiger partial charge in [0.15, 0.2) is 5.78 Å². The first kappa shape index (κ1) is 14.1. The lowest BCUT2D eigenvalue weighted by Gasteiger charge is -2.19. The first-order valence-electron chi connectivity index (χ1n) is 7.19. The fraction of sp³-hybridized carbons (Fsp3) is 0.562. The second-order valence-corrected chi connectivity index (χ2v) is 5.38. The Bertz CT molecular complexity index is 440. The third kappa shape index (κ3) is 3.80. The van der Waals surface area contributed by atoms with Crippen molar-refractivity contribution in [1.29, 1.82) is 0 Å². The molecule has 0 amide bonds. The van der Waals surface area contributed by atoms with Gasteiger partial charge in [0.05, 0.1) is 12.2 Å². The standard InChI is InChI=1S/C16H23NO2/c1-12(2)17-10-4-9-15(18)14-8-3-6-13-7-5-11-19-16(13)14/h3,6,8,12,17H,4-5,7,9-11H2,1-2H3. The molecule has 1 N–H and O–H groups in total. The summed E-state index contributed by atoms with van der Waals surface area (Å²) in [6, 6.07) is 6.39. The van der Waals surface area contributed by atoms with Crippen LogP contribution in [-0.4, -0.2) is 25.0 Å². The third-order valence-corrected chi connectivity index (χ3v) is 3.37. The van der Waals surface area contributed by atoms with Gasteiger partial charge in [0.25, 0.3) is 0 Å². The molecule has 0 fully saturated rings. The zero-order valence-corrected chi connectivity index (χ0v) is 11.9. The lowest BCUT2D eigenvalue weighted by molar-refractivity contribution is 0.0974. The summed E-state index contributed by atoms with van der Waals surface area (Å²) in [6.07, 6.45) is 3.52. The van der Waals surface area contributed by atoms with Gasteiger partial charge < -0.3 is 10.1 Å². The molecule has 19 heavy (non-hydrogen) atoms. The number of benzene rings is 1. The highest BCUT2D eigenvalue weighted by molar-refractivity contribution is 5.99. The predicted octanol–water partition coefficient (Wildman–Crippen LogP) is 2.97. The van der Waals surface area contributed by atoms with Crippen LogP contribution in [0, 0.1) is 0 Å². The van der Waals surface area contributed by atoms with Crippen LogP contribution in [-0.2, 0) is 6.42 Å². The number of hydrogen-bond donors (Lipinski definition) is 1. The Labute approximate surface area is 115 Å². The maximum absolute atomic E-state index is 12.3. The second-order valence-electron chi connectivity index (χ2n) is 5.38. The Kier molecular flexibility index (Phi) is 4.97. The van der Waals surface area contributed by atoms with Crippen molar-refractivity contribution < 1.29 is 9.53 Å². The number of fused-ring (bicyclic) bond motifs is 1. The molecule has 1 heterocycles. The average Bonchev–Trinajstić information content (AvgIpc) is 2.42. The second kappa shape index (κ2) is 6.71. The summed E-state index contributed by atoms with van der Waals surface area (Å²) in [5, 5.41) is 3.33. The number of ketones is 1. The molecule has 0 radical (unpaired) electrons. The number of aryl methyl sites for hydroxylation is 1. The van der Waals surface area contributed by atoms with Crippen molar-refractivity contribution in [3.63, 3.8) is 0 Å². The molecule has 1 aliphatic rings. The van der Waals surface area contributed by atoms with E-state index in [0.717, 1.165) is 43.7 Å². The molecule has 0 saturated carbocycles. The van der Waals surface area contributed by atoms with E-state index in [0.29, 0.717) is 12.5 Å². The van der Waals surface area contributed by atoms with Gasteiger partial charge in [0.1, 0.15) is 5.75 Å². The van der Waals surface area contributed by atoms with Gasteiger partial charge in [0.2, 0.25) is 0 Å². The molecule has 0 bridgehead atoms. The molecule has 0 atom stereocenters. The molecule has 0 aromatic heterocycles. The normalized spacial score (nSPS) is 14.1. The maximum atomic E-state index is 12.3. The SMILES string of the molecule is CC(C)NCCCC(=O)c1cccc2c1OCCC2. The Hall–Kier alpha value is -1.35. The summed E-state index contributed by atoms with van der Waals surface area (Å²) in [5.74, 6) is 1.03. The molecular formula is C16H23NO2. The van der Waals surface area contributed by atoms with E-state index in [9.17, 15) is 4.79 Å². The average molecular weight is 261 g/mol. The number of para-hydroxylation sites is 1. The minimum absolute atomic E-state index is 0.198. The lowest BCUT2D eigenvalue weighted by atomic mass is 9.98. The summed E-state index contributed by atoms with van der Waals surface area (Å²) in [7, 11) is 0. The Morgan fingerprint density at radius 1 is 1.42 bits per heavy atom. The van der Waals surface area contributed by atoms with Crippen molar-refractivity contribution in [2.45, 2.75) is 45.6 Å². The van der Waals surface area contributed by atoms with Crippen molar-refractivity contribution in [1.82, 2.24) is 5.32 Å². The van der Waals surface area contributed by atoms with Crippen LogP contribution in [0.2, 0.25) is 0 Å². The van der Waals surface area contributed by atoms with Crippen LogP contribution < -0.4 is 10.1 Å². The third-order valence-electron chi connectivity index (χ3n) is 3.37. The van der Waals surface area contributed by atoms with Gasteiger partial charge in [-0.3, -0.25) is 4.79 Å². The van der Waals surface area contributed by atoms with E-state index in [4.69, 9.17) is 4.74 Å². The number of rotatable bonds is 6. The van der Waals surface area contributed by atoms with Crippen molar-refractivity contribution in [3.05, 3.63) is 29.3 Å². The zero-order valence-electron chi connectivity index (χ0n) is 11.9. The largest absolute Gasteiger partial charge is 0.493 e. The van der Waals surface area contributed by atoms with E-state index in [1.54, 1.807) is 0 Å².